The lowest BCUT2D eigenvalue weighted by atomic mass is 9.98. The first-order valence-electron chi connectivity index (χ1n) is 6.51. The number of benzene rings is 1. The minimum Gasteiger partial charge on any atom is -0.476 e. The molecule has 0 spiro atoms. The van der Waals surface area contributed by atoms with Crippen LogP contribution >= 0.6 is 0 Å². The lowest BCUT2D eigenvalue weighted by molar-refractivity contribution is 0.0690. The van der Waals surface area contributed by atoms with Crippen LogP contribution in [0.1, 0.15) is 22.6 Å². The van der Waals surface area contributed by atoms with Gasteiger partial charge in [-0.3, -0.25) is 9.78 Å². The molecule has 3 aromatic rings. The topological polar surface area (TPSA) is 83.8 Å². The molecule has 20 heavy (non-hydrogen) atoms. The van der Waals surface area contributed by atoms with Crippen LogP contribution in [0, 0.1) is 0 Å². The second kappa shape index (κ2) is 3.93. The molecule has 0 atom stereocenters. The van der Waals surface area contributed by atoms with Gasteiger partial charge in [0.25, 0.3) is 0 Å². The third-order valence-electron chi connectivity index (χ3n) is 3.80. The number of H-pyrrole nitrogens is 1. The molecule has 0 fully saturated rings. The van der Waals surface area contributed by atoms with Crippen LogP contribution in [0.4, 0.5) is 0 Å². The van der Waals surface area contributed by atoms with Crippen LogP contribution in [0.3, 0.4) is 0 Å². The molecule has 1 aliphatic rings. The lowest BCUT2D eigenvalue weighted by Gasteiger charge is -2.04. The van der Waals surface area contributed by atoms with Crippen molar-refractivity contribution < 1.29 is 9.90 Å². The molecule has 0 amide bonds. The zero-order chi connectivity index (χ0) is 13.7. The second-order valence-electron chi connectivity index (χ2n) is 4.94. The molecule has 6 heteroatoms. The van der Waals surface area contributed by atoms with Crippen molar-refractivity contribution in [2.24, 2.45) is 0 Å². The number of aromatic amines is 1. The quantitative estimate of drug-likeness (QED) is 0.745. The highest BCUT2D eigenvalue weighted by Crippen LogP contribution is 2.35. The summed E-state index contributed by atoms with van der Waals surface area (Å²) in [7, 11) is 0. The summed E-state index contributed by atoms with van der Waals surface area (Å²) in [5.41, 5.74) is 3.67. The summed E-state index contributed by atoms with van der Waals surface area (Å²) in [5.74, 6) is -0.984. The number of aromatic nitrogens is 4. The molecule has 0 saturated heterocycles. The molecular weight excluding hydrogens is 256 g/mol. The number of rotatable bonds is 2. The van der Waals surface area contributed by atoms with E-state index < -0.39 is 5.97 Å². The summed E-state index contributed by atoms with van der Waals surface area (Å²) in [6, 6.07) is 5.76. The molecule has 0 unspecified atom stereocenters. The summed E-state index contributed by atoms with van der Waals surface area (Å²) in [4.78, 5) is 11.5. The van der Waals surface area contributed by atoms with E-state index >= 15 is 0 Å². The highest BCUT2D eigenvalue weighted by atomic mass is 16.4. The number of nitrogens with zero attached hydrogens (tertiary/aromatic N) is 3. The summed E-state index contributed by atoms with van der Waals surface area (Å²) in [5, 5.41) is 21.5. The Bertz CT molecular complexity index is 831. The van der Waals surface area contributed by atoms with E-state index in [4.69, 9.17) is 0 Å². The number of nitrogens with one attached hydrogen (secondary N) is 1. The number of aromatic carboxylic acids is 1. The van der Waals surface area contributed by atoms with Gasteiger partial charge >= 0.3 is 5.97 Å². The zero-order valence-corrected chi connectivity index (χ0v) is 10.6. The van der Waals surface area contributed by atoms with Crippen molar-refractivity contribution in [2.75, 3.05) is 0 Å². The van der Waals surface area contributed by atoms with E-state index in [1.54, 1.807) is 6.20 Å². The maximum atomic E-state index is 11.5. The van der Waals surface area contributed by atoms with E-state index in [1.807, 2.05) is 22.9 Å². The average molecular weight is 268 g/mol. The van der Waals surface area contributed by atoms with Crippen molar-refractivity contribution in [1.82, 2.24) is 20.0 Å². The van der Waals surface area contributed by atoms with E-state index in [2.05, 4.69) is 15.3 Å². The fourth-order valence-electron chi connectivity index (χ4n) is 2.95. The molecule has 4 rings (SSSR count). The van der Waals surface area contributed by atoms with Crippen LogP contribution in [0.25, 0.3) is 22.0 Å². The van der Waals surface area contributed by atoms with E-state index in [-0.39, 0.29) is 5.69 Å². The third kappa shape index (κ3) is 1.41. The lowest BCUT2D eigenvalue weighted by Crippen LogP contribution is -2.02. The Hall–Kier alpha value is -2.63. The fourth-order valence-corrected chi connectivity index (χ4v) is 2.95. The minimum atomic E-state index is -0.984. The van der Waals surface area contributed by atoms with Gasteiger partial charge in [-0.2, -0.15) is 10.2 Å². The van der Waals surface area contributed by atoms with Gasteiger partial charge in [-0.1, -0.05) is 12.1 Å². The number of aryl methyl sites for hydroxylation is 1. The number of hydrogen-bond donors (Lipinski definition) is 2. The van der Waals surface area contributed by atoms with E-state index in [0.29, 0.717) is 0 Å². The minimum absolute atomic E-state index is 0.133. The highest BCUT2D eigenvalue weighted by Gasteiger charge is 2.27. The Balaban J connectivity index is 2.07. The van der Waals surface area contributed by atoms with Crippen molar-refractivity contribution in [3.8, 4) is 11.1 Å². The molecule has 3 heterocycles. The smallest absolute Gasteiger partial charge is 0.357 e. The Morgan fingerprint density at radius 1 is 1.40 bits per heavy atom. The van der Waals surface area contributed by atoms with Gasteiger partial charge in [0, 0.05) is 23.2 Å². The first kappa shape index (κ1) is 11.2. The second-order valence-corrected chi connectivity index (χ2v) is 4.94. The van der Waals surface area contributed by atoms with E-state index in [9.17, 15) is 9.90 Å². The van der Waals surface area contributed by atoms with Crippen LogP contribution in [0.5, 0.6) is 0 Å². The maximum absolute atomic E-state index is 11.5. The Morgan fingerprint density at radius 2 is 2.30 bits per heavy atom. The average Bonchev–Trinajstić information content (AvgIpc) is 3.12. The Labute approximate surface area is 114 Å². The predicted octanol–water partition coefficient (Wildman–Crippen LogP) is 2.07. The van der Waals surface area contributed by atoms with Crippen LogP contribution in [0.2, 0.25) is 0 Å². The van der Waals surface area contributed by atoms with Gasteiger partial charge in [0.15, 0.2) is 5.69 Å². The number of hydrogen-bond acceptors (Lipinski definition) is 3. The molecule has 100 valence electrons. The first-order valence-corrected chi connectivity index (χ1v) is 6.51. The van der Waals surface area contributed by atoms with Gasteiger partial charge in [-0.05, 0) is 24.5 Å². The molecule has 0 aliphatic carbocycles. The van der Waals surface area contributed by atoms with Gasteiger partial charge in [-0.25, -0.2) is 4.79 Å². The SMILES string of the molecule is O=C(O)c1nn2c(c1-c1cccc3[nH]ncc13)CCC2. The molecule has 2 N–H and O–H groups in total. The summed E-state index contributed by atoms with van der Waals surface area (Å²) < 4.78 is 1.82. The maximum Gasteiger partial charge on any atom is 0.357 e. The monoisotopic (exact) mass is 268 g/mol. The summed E-state index contributed by atoms with van der Waals surface area (Å²) >= 11 is 0. The number of fused-ring (bicyclic) bond motifs is 2. The van der Waals surface area contributed by atoms with Crippen molar-refractivity contribution >= 4 is 16.9 Å². The first-order chi connectivity index (χ1) is 9.75. The largest absolute Gasteiger partial charge is 0.476 e. The fraction of sp³-hybridized carbons (Fsp3) is 0.214. The van der Waals surface area contributed by atoms with Crippen molar-refractivity contribution in [3.63, 3.8) is 0 Å². The predicted molar refractivity (Wildman–Crippen MR) is 72.6 cm³/mol. The molecule has 0 radical (unpaired) electrons. The molecule has 1 aliphatic heterocycles. The standard InChI is InChI=1S/C14H12N4O2/c19-14(20)13-12(11-5-2-6-18(11)17-13)8-3-1-4-10-9(8)7-15-16-10/h1,3-4,7H,2,5-6H2,(H,15,16)(H,19,20). The molecular formula is C14H12N4O2. The van der Waals surface area contributed by atoms with Gasteiger partial charge in [0.05, 0.1) is 11.7 Å². The number of carbonyl (C=O) groups is 1. The molecule has 6 nitrogen and oxygen atoms in total. The third-order valence-corrected chi connectivity index (χ3v) is 3.80. The highest BCUT2D eigenvalue weighted by molar-refractivity contribution is 6.02. The summed E-state index contributed by atoms with van der Waals surface area (Å²) in [6.45, 7) is 0.789. The number of carboxylic acid groups (broad SMARTS) is 1. The summed E-state index contributed by atoms with van der Waals surface area (Å²) in [6.07, 6.45) is 3.61. The van der Waals surface area contributed by atoms with Crippen molar-refractivity contribution in [1.29, 1.82) is 0 Å². The van der Waals surface area contributed by atoms with Gasteiger partial charge in [0.1, 0.15) is 0 Å². The molecule has 2 aromatic heterocycles. The Morgan fingerprint density at radius 3 is 3.15 bits per heavy atom. The normalized spacial score (nSPS) is 13.8. The number of carboxylic acids is 1. The van der Waals surface area contributed by atoms with Crippen LogP contribution in [-0.2, 0) is 13.0 Å². The molecule has 0 bridgehead atoms. The van der Waals surface area contributed by atoms with E-state index in [0.717, 1.165) is 47.1 Å². The molecule has 0 saturated carbocycles. The van der Waals surface area contributed by atoms with E-state index in [1.165, 1.54) is 0 Å². The van der Waals surface area contributed by atoms with Crippen LogP contribution in [0.15, 0.2) is 24.4 Å². The van der Waals surface area contributed by atoms with Crippen LogP contribution in [-0.4, -0.2) is 31.1 Å². The van der Waals surface area contributed by atoms with Crippen molar-refractivity contribution in [2.45, 2.75) is 19.4 Å². The van der Waals surface area contributed by atoms with Crippen LogP contribution < -0.4 is 0 Å². The van der Waals surface area contributed by atoms with Gasteiger partial charge < -0.3 is 5.11 Å². The van der Waals surface area contributed by atoms with Gasteiger partial charge in [0.2, 0.25) is 0 Å². The Kier molecular flexibility index (Phi) is 2.20. The molecule has 1 aromatic carbocycles. The van der Waals surface area contributed by atoms with Gasteiger partial charge in [-0.15, -0.1) is 0 Å². The van der Waals surface area contributed by atoms with Crippen molar-refractivity contribution in [3.05, 3.63) is 35.8 Å². The zero-order valence-electron chi connectivity index (χ0n) is 10.6.